The summed E-state index contributed by atoms with van der Waals surface area (Å²) in [6.07, 6.45) is 7.38. The number of ether oxygens (including phenoxy) is 1. The van der Waals surface area contributed by atoms with Crippen molar-refractivity contribution in [3.05, 3.63) is 142 Å². The van der Waals surface area contributed by atoms with Gasteiger partial charge in [-0.15, -0.1) is 0 Å². The molecule has 0 spiro atoms. The number of allylic oxidation sites excluding steroid dienone is 6. The maximum atomic E-state index is 9.38. The normalized spacial score (nSPS) is 14.6. The lowest BCUT2D eigenvalue weighted by Gasteiger charge is -2.26. The maximum Gasteiger partial charge on any atom is 0.269 e. The average Bonchev–Trinajstić information content (AvgIpc) is 2.91. The summed E-state index contributed by atoms with van der Waals surface area (Å²) >= 11 is 0. The van der Waals surface area contributed by atoms with Gasteiger partial charge in [-0.1, -0.05) is 74.4 Å². The Balaban J connectivity index is 1.64. The second-order valence-corrected chi connectivity index (χ2v) is 10.4. The highest BCUT2D eigenvalue weighted by atomic mass is 16.5. The van der Waals surface area contributed by atoms with Crippen LogP contribution in [0.1, 0.15) is 37.5 Å². The molecule has 188 valence electrons. The number of benzene rings is 3. The highest BCUT2D eigenvalue weighted by Crippen LogP contribution is 2.36. The highest BCUT2D eigenvalue weighted by molar-refractivity contribution is 5.77. The maximum absolute atomic E-state index is 9.38. The lowest BCUT2D eigenvalue weighted by molar-refractivity contribution is 0.223. The molecule has 0 bridgehead atoms. The van der Waals surface area contributed by atoms with Gasteiger partial charge in [0.2, 0.25) is 0 Å². The zero-order valence-electron chi connectivity index (χ0n) is 22.5. The van der Waals surface area contributed by atoms with Crippen molar-refractivity contribution in [2.24, 2.45) is 5.41 Å². The predicted octanol–water partition coefficient (Wildman–Crippen LogP) is 9.33. The molecule has 0 aromatic heterocycles. The van der Waals surface area contributed by atoms with Crippen LogP contribution in [-0.4, -0.2) is 0 Å². The van der Waals surface area contributed by atoms with Crippen molar-refractivity contribution < 1.29 is 4.74 Å². The smallest absolute Gasteiger partial charge is 0.269 e. The number of hydrogen-bond acceptors (Lipinski definition) is 3. The standard InChI is InChI=1S/C34H31N3O/c1-24-7-14-28(15-8-24)37(29-16-9-25(2)10-17-29)30-18-11-26(12-19-30)13-20-31-21-27(32(23-35)36-6)22-33(38-31)34(3,4)5/h7-22H,1-5H3. The zero-order chi connectivity index (χ0) is 27.3. The number of nitriles is 1. The van der Waals surface area contributed by atoms with Crippen molar-refractivity contribution >= 4 is 23.1 Å². The van der Waals surface area contributed by atoms with Gasteiger partial charge in [0, 0.05) is 22.5 Å². The molecule has 1 aliphatic heterocycles. The second kappa shape index (κ2) is 11.1. The number of nitrogens with zero attached hydrogens (tertiary/aromatic N) is 3. The topological polar surface area (TPSA) is 40.6 Å². The van der Waals surface area contributed by atoms with Gasteiger partial charge < -0.3 is 9.64 Å². The molecule has 4 rings (SSSR count). The van der Waals surface area contributed by atoms with Gasteiger partial charge in [-0.05, 0) is 79.6 Å². The highest BCUT2D eigenvalue weighted by Gasteiger charge is 2.24. The number of hydrogen-bond donors (Lipinski definition) is 0. The zero-order valence-corrected chi connectivity index (χ0v) is 22.5. The van der Waals surface area contributed by atoms with Gasteiger partial charge >= 0.3 is 0 Å². The molecule has 0 radical (unpaired) electrons. The summed E-state index contributed by atoms with van der Waals surface area (Å²) < 4.78 is 6.12. The molecule has 0 N–H and O–H groups in total. The fourth-order valence-corrected chi connectivity index (χ4v) is 4.01. The monoisotopic (exact) mass is 497 g/mol. The van der Waals surface area contributed by atoms with Gasteiger partial charge in [-0.25, -0.2) is 10.1 Å². The third kappa shape index (κ3) is 6.12. The van der Waals surface area contributed by atoms with E-state index in [1.807, 2.05) is 39.0 Å². The molecule has 4 heteroatoms. The van der Waals surface area contributed by atoms with E-state index in [1.165, 1.54) is 11.1 Å². The molecule has 4 nitrogen and oxygen atoms in total. The quantitative estimate of drug-likeness (QED) is 0.260. The SMILES string of the molecule is [C-]#[N+]C(C#N)=C1C=C(C=Cc2ccc(N(c3ccc(C)cc3)c3ccc(C)cc3)cc2)OC(C(C)(C)C)=C1. The summed E-state index contributed by atoms with van der Waals surface area (Å²) in [6.45, 7) is 17.7. The van der Waals surface area contributed by atoms with Gasteiger partial charge in [0.15, 0.2) is 0 Å². The third-order valence-corrected chi connectivity index (χ3v) is 6.22. The fraction of sp³-hybridized carbons (Fsp3) is 0.176. The summed E-state index contributed by atoms with van der Waals surface area (Å²) in [4.78, 5) is 5.62. The van der Waals surface area contributed by atoms with Crippen LogP contribution in [0.3, 0.4) is 0 Å². The minimum atomic E-state index is -0.266. The Morgan fingerprint density at radius 1 is 0.816 bits per heavy atom. The Labute approximate surface area is 225 Å². The molecule has 3 aromatic carbocycles. The van der Waals surface area contributed by atoms with E-state index in [1.54, 1.807) is 12.2 Å². The molecule has 0 unspecified atom stereocenters. The molecular formula is C34H31N3O. The molecule has 1 aliphatic rings. The number of aryl methyl sites for hydroxylation is 2. The first-order chi connectivity index (χ1) is 18.2. The molecule has 0 saturated carbocycles. The predicted molar refractivity (Wildman–Crippen MR) is 156 cm³/mol. The van der Waals surface area contributed by atoms with E-state index in [0.717, 1.165) is 22.6 Å². The van der Waals surface area contributed by atoms with Crippen LogP contribution in [0.25, 0.3) is 10.9 Å². The van der Waals surface area contributed by atoms with Crippen LogP contribution >= 0.6 is 0 Å². The van der Waals surface area contributed by atoms with Gasteiger partial charge in [0.1, 0.15) is 11.5 Å². The van der Waals surface area contributed by atoms with E-state index >= 15 is 0 Å². The summed E-state index contributed by atoms with van der Waals surface area (Å²) in [6, 6.07) is 27.4. The third-order valence-electron chi connectivity index (χ3n) is 6.22. The van der Waals surface area contributed by atoms with Crippen LogP contribution < -0.4 is 4.90 Å². The Bertz CT molecular complexity index is 1450. The van der Waals surface area contributed by atoms with E-state index in [2.05, 4.69) is 96.4 Å². The van der Waals surface area contributed by atoms with Gasteiger partial charge in [0.25, 0.3) is 5.70 Å². The summed E-state index contributed by atoms with van der Waals surface area (Å²) in [7, 11) is 0. The minimum Gasteiger partial charge on any atom is -0.461 e. The molecule has 38 heavy (non-hydrogen) atoms. The molecular weight excluding hydrogens is 466 g/mol. The molecule has 1 heterocycles. The largest absolute Gasteiger partial charge is 0.461 e. The molecule has 0 saturated heterocycles. The molecule has 0 atom stereocenters. The van der Waals surface area contributed by atoms with Crippen molar-refractivity contribution in [3.63, 3.8) is 0 Å². The first kappa shape index (κ1) is 26.3. The van der Waals surface area contributed by atoms with Gasteiger partial charge in [0.05, 0.1) is 12.6 Å². The van der Waals surface area contributed by atoms with Crippen LogP contribution in [0.2, 0.25) is 0 Å². The van der Waals surface area contributed by atoms with E-state index in [9.17, 15) is 5.26 Å². The Kier molecular flexibility index (Phi) is 7.66. The first-order valence-corrected chi connectivity index (χ1v) is 12.5. The molecule has 0 fully saturated rings. The van der Waals surface area contributed by atoms with E-state index < -0.39 is 0 Å². The first-order valence-electron chi connectivity index (χ1n) is 12.5. The van der Waals surface area contributed by atoms with Crippen LogP contribution in [0.15, 0.2) is 114 Å². The van der Waals surface area contributed by atoms with Crippen LogP contribution in [0, 0.1) is 37.2 Å². The van der Waals surface area contributed by atoms with E-state index in [-0.39, 0.29) is 11.1 Å². The average molecular weight is 498 g/mol. The second-order valence-electron chi connectivity index (χ2n) is 10.4. The summed E-state index contributed by atoms with van der Waals surface area (Å²) in [5.74, 6) is 1.31. The summed E-state index contributed by atoms with van der Waals surface area (Å²) in [5, 5.41) is 9.38. The lowest BCUT2D eigenvalue weighted by atomic mass is 9.91. The fourth-order valence-electron chi connectivity index (χ4n) is 4.01. The van der Waals surface area contributed by atoms with Crippen molar-refractivity contribution in [2.45, 2.75) is 34.6 Å². The summed E-state index contributed by atoms with van der Waals surface area (Å²) in [5.41, 5.74) is 7.05. The van der Waals surface area contributed by atoms with Crippen molar-refractivity contribution in [3.8, 4) is 6.07 Å². The Hall–Kier alpha value is -4.80. The number of anilines is 3. The van der Waals surface area contributed by atoms with Crippen LogP contribution in [0.5, 0.6) is 0 Å². The van der Waals surface area contributed by atoms with E-state index in [0.29, 0.717) is 17.1 Å². The molecule has 0 amide bonds. The molecule has 3 aromatic rings. The van der Waals surface area contributed by atoms with Crippen LogP contribution in [0.4, 0.5) is 17.1 Å². The Morgan fingerprint density at radius 3 is 1.76 bits per heavy atom. The van der Waals surface area contributed by atoms with Crippen molar-refractivity contribution in [1.29, 1.82) is 5.26 Å². The minimum absolute atomic E-state index is 0.0533. The Morgan fingerprint density at radius 2 is 1.32 bits per heavy atom. The number of rotatable bonds is 5. The lowest BCUT2D eigenvalue weighted by Crippen LogP contribution is -2.14. The van der Waals surface area contributed by atoms with Crippen molar-refractivity contribution in [2.75, 3.05) is 4.90 Å². The van der Waals surface area contributed by atoms with Crippen molar-refractivity contribution in [1.82, 2.24) is 0 Å². The van der Waals surface area contributed by atoms with Crippen LogP contribution in [-0.2, 0) is 4.74 Å². The molecule has 0 aliphatic carbocycles. The van der Waals surface area contributed by atoms with Gasteiger partial charge in [-0.3, -0.25) is 0 Å². The van der Waals surface area contributed by atoms with Gasteiger partial charge in [-0.2, -0.15) is 0 Å². The van der Waals surface area contributed by atoms with E-state index in [4.69, 9.17) is 11.3 Å².